The molecule has 98 valence electrons. The van der Waals surface area contributed by atoms with Gasteiger partial charge in [-0.15, -0.1) is 0 Å². The van der Waals surface area contributed by atoms with Gasteiger partial charge in [-0.1, -0.05) is 11.6 Å². The molecular formula is C12H14ClNO4. The van der Waals surface area contributed by atoms with Crippen molar-refractivity contribution in [2.24, 2.45) is 0 Å². The minimum atomic E-state index is -1.18. The summed E-state index contributed by atoms with van der Waals surface area (Å²) in [4.78, 5) is 22.7. The molecule has 0 spiro atoms. The van der Waals surface area contributed by atoms with Crippen molar-refractivity contribution in [2.75, 3.05) is 6.61 Å². The topological polar surface area (TPSA) is 86.6 Å². The molecule has 6 heteroatoms. The molecule has 0 saturated carbocycles. The first-order valence-electron chi connectivity index (χ1n) is 5.36. The van der Waals surface area contributed by atoms with Crippen molar-refractivity contribution >= 4 is 23.5 Å². The van der Waals surface area contributed by atoms with E-state index in [2.05, 4.69) is 5.32 Å². The van der Waals surface area contributed by atoms with E-state index < -0.39 is 17.9 Å². The zero-order valence-electron chi connectivity index (χ0n) is 9.81. The molecule has 1 amide bonds. The van der Waals surface area contributed by atoms with Crippen LogP contribution in [0.1, 0.15) is 22.3 Å². The molecule has 0 saturated heterocycles. The number of hydrogen-bond donors (Lipinski definition) is 3. The quantitative estimate of drug-likeness (QED) is 0.751. The van der Waals surface area contributed by atoms with Gasteiger partial charge in [-0.3, -0.25) is 4.79 Å². The molecular weight excluding hydrogens is 258 g/mol. The number of rotatable bonds is 5. The Bertz CT molecular complexity index is 461. The van der Waals surface area contributed by atoms with Crippen molar-refractivity contribution in [2.45, 2.75) is 19.4 Å². The number of benzene rings is 1. The number of hydrogen-bond acceptors (Lipinski definition) is 3. The number of aliphatic carboxylic acids is 1. The first kappa shape index (κ1) is 14.5. The summed E-state index contributed by atoms with van der Waals surface area (Å²) >= 11 is 5.77. The maximum Gasteiger partial charge on any atom is 0.326 e. The summed E-state index contributed by atoms with van der Waals surface area (Å²) in [6.07, 6.45) is -0.0340. The predicted molar refractivity (Wildman–Crippen MR) is 66.8 cm³/mol. The molecule has 0 aliphatic heterocycles. The third kappa shape index (κ3) is 3.72. The van der Waals surface area contributed by atoms with E-state index >= 15 is 0 Å². The largest absolute Gasteiger partial charge is 0.480 e. The van der Waals surface area contributed by atoms with Gasteiger partial charge in [0.2, 0.25) is 0 Å². The normalized spacial score (nSPS) is 11.9. The van der Waals surface area contributed by atoms with E-state index in [1.54, 1.807) is 19.1 Å². The number of carboxylic acids is 1. The lowest BCUT2D eigenvalue weighted by Gasteiger charge is -2.14. The molecule has 0 aliphatic carbocycles. The summed E-state index contributed by atoms with van der Waals surface area (Å²) in [6, 6.07) is 3.62. The lowest BCUT2D eigenvalue weighted by molar-refractivity contribution is -0.139. The Hall–Kier alpha value is -1.59. The molecule has 0 fully saturated rings. The first-order chi connectivity index (χ1) is 8.45. The van der Waals surface area contributed by atoms with Gasteiger partial charge in [0.1, 0.15) is 6.04 Å². The summed E-state index contributed by atoms with van der Waals surface area (Å²) in [5, 5.41) is 20.5. The molecule has 5 nitrogen and oxygen atoms in total. The smallest absolute Gasteiger partial charge is 0.326 e. The monoisotopic (exact) mass is 271 g/mol. The molecule has 0 radical (unpaired) electrons. The number of aliphatic hydroxyl groups is 1. The SMILES string of the molecule is Cc1cc(Cl)ccc1C(=O)NC(CCO)C(=O)O. The van der Waals surface area contributed by atoms with Crippen LogP contribution in [0.5, 0.6) is 0 Å². The zero-order valence-corrected chi connectivity index (χ0v) is 10.6. The highest BCUT2D eigenvalue weighted by Crippen LogP contribution is 2.15. The molecule has 0 heterocycles. The highest BCUT2D eigenvalue weighted by molar-refractivity contribution is 6.30. The third-order valence-electron chi connectivity index (χ3n) is 2.45. The van der Waals surface area contributed by atoms with Crippen LogP contribution in [0, 0.1) is 6.92 Å². The van der Waals surface area contributed by atoms with Crippen molar-refractivity contribution in [3.05, 3.63) is 34.3 Å². The molecule has 1 aromatic rings. The van der Waals surface area contributed by atoms with Crippen LogP contribution in [0.2, 0.25) is 5.02 Å². The molecule has 1 aromatic carbocycles. The average Bonchev–Trinajstić information content (AvgIpc) is 2.27. The lowest BCUT2D eigenvalue weighted by atomic mass is 10.1. The number of carbonyl (C=O) groups is 2. The summed E-state index contributed by atoms with van der Waals surface area (Å²) in [5.41, 5.74) is 1.02. The highest BCUT2D eigenvalue weighted by Gasteiger charge is 2.20. The maximum absolute atomic E-state index is 11.9. The van der Waals surface area contributed by atoms with E-state index in [1.807, 2.05) is 0 Å². The second-order valence-corrected chi connectivity index (χ2v) is 4.27. The van der Waals surface area contributed by atoms with Gasteiger partial charge >= 0.3 is 5.97 Å². The Balaban J connectivity index is 2.83. The Morgan fingerprint density at radius 1 is 1.44 bits per heavy atom. The van der Waals surface area contributed by atoms with Gasteiger partial charge < -0.3 is 15.5 Å². The fraction of sp³-hybridized carbons (Fsp3) is 0.333. The van der Waals surface area contributed by atoms with Crippen molar-refractivity contribution in [1.82, 2.24) is 5.32 Å². The minimum Gasteiger partial charge on any atom is -0.480 e. The minimum absolute atomic E-state index is 0.0340. The zero-order chi connectivity index (χ0) is 13.7. The summed E-state index contributed by atoms with van der Waals surface area (Å²) in [6.45, 7) is 1.40. The number of halogens is 1. The second kappa shape index (κ2) is 6.37. The van der Waals surface area contributed by atoms with Crippen LogP contribution in [0.3, 0.4) is 0 Å². The Kier molecular flexibility index (Phi) is 5.12. The van der Waals surface area contributed by atoms with E-state index in [9.17, 15) is 9.59 Å². The van der Waals surface area contributed by atoms with E-state index in [-0.39, 0.29) is 13.0 Å². The number of carboxylic acid groups (broad SMARTS) is 1. The van der Waals surface area contributed by atoms with Gasteiger partial charge in [0, 0.05) is 23.6 Å². The van der Waals surface area contributed by atoms with Gasteiger partial charge in [0.25, 0.3) is 5.91 Å². The summed E-state index contributed by atoms with van der Waals surface area (Å²) < 4.78 is 0. The Morgan fingerprint density at radius 3 is 2.61 bits per heavy atom. The summed E-state index contributed by atoms with van der Waals surface area (Å²) in [7, 11) is 0. The lowest BCUT2D eigenvalue weighted by Crippen LogP contribution is -2.41. The number of carbonyl (C=O) groups excluding carboxylic acids is 1. The van der Waals surface area contributed by atoms with Crippen LogP contribution < -0.4 is 5.32 Å². The predicted octanol–water partition coefficient (Wildman–Crippen LogP) is 1.21. The third-order valence-corrected chi connectivity index (χ3v) is 2.69. The van der Waals surface area contributed by atoms with Gasteiger partial charge in [-0.25, -0.2) is 4.79 Å². The van der Waals surface area contributed by atoms with Crippen molar-refractivity contribution in [1.29, 1.82) is 0 Å². The van der Waals surface area contributed by atoms with Crippen LogP contribution in [0.25, 0.3) is 0 Å². The van der Waals surface area contributed by atoms with E-state index in [0.29, 0.717) is 16.1 Å². The average molecular weight is 272 g/mol. The van der Waals surface area contributed by atoms with Crippen LogP contribution in [-0.4, -0.2) is 34.7 Å². The van der Waals surface area contributed by atoms with E-state index in [4.69, 9.17) is 21.8 Å². The van der Waals surface area contributed by atoms with Crippen molar-refractivity contribution in [3.8, 4) is 0 Å². The molecule has 0 bridgehead atoms. The molecule has 0 aliphatic rings. The number of amides is 1. The van der Waals surface area contributed by atoms with E-state index in [1.165, 1.54) is 6.07 Å². The van der Waals surface area contributed by atoms with Crippen molar-refractivity contribution < 1.29 is 19.8 Å². The summed E-state index contributed by atoms with van der Waals surface area (Å²) in [5.74, 6) is -1.67. The number of aryl methyl sites for hydroxylation is 1. The first-order valence-corrected chi connectivity index (χ1v) is 5.74. The van der Waals surface area contributed by atoms with Crippen LogP contribution in [-0.2, 0) is 4.79 Å². The fourth-order valence-corrected chi connectivity index (χ4v) is 1.73. The molecule has 1 rings (SSSR count). The number of aliphatic hydroxyl groups excluding tert-OH is 1. The van der Waals surface area contributed by atoms with Crippen LogP contribution in [0.15, 0.2) is 18.2 Å². The molecule has 1 atom stereocenters. The Morgan fingerprint density at radius 2 is 2.11 bits per heavy atom. The number of nitrogens with one attached hydrogen (secondary N) is 1. The van der Waals surface area contributed by atoms with E-state index in [0.717, 1.165) is 0 Å². The molecule has 18 heavy (non-hydrogen) atoms. The maximum atomic E-state index is 11.9. The molecule has 1 unspecified atom stereocenters. The van der Waals surface area contributed by atoms with Crippen molar-refractivity contribution in [3.63, 3.8) is 0 Å². The van der Waals surface area contributed by atoms with Gasteiger partial charge in [0.05, 0.1) is 0 Å². The van der Waals surface area contributed by atoms with Crippen LogP contribution in [0.4, 0.5) is 0 Å². The van der Waals surface area contributed by atoms with Gasteiger partial charge in [0.15, 0.2) is 0 Å². The Labute approximate surface area is 109 Å². The standard InChI is InChI=1S/C12H14ClNO4/c1-7-6-8(13)2-3-9(7)11(16)14-10(4-5-15)12(17)18/h2-3,6,10,15H,4-5H2,1H3,(H,14,16)(H,17,18). The van der Waals surface area contributed by atoms with Gasteiger partial charge in [-0.05, 0) is 30.7 Å². The fourth-order valence-electron chi connectivity index (χ4n) is 1.50. The van der Waals surface area contributed by atoms with Crippen LogP contribution >= 0.6 is 11.6 Å². The second-order valence-electron chi connectivity index (χ2n) is 3.84. The van der Waals surface area contributed by atoms with Gasteiger partial charge in [-0.2, -0.15) is 0 Å². The highest BCUT2D eigenvalue weighted by atomic mass is 35.5. The molecule has 3 N–H and O–H groups in total. The molecule has 0 aromatic heterocycles.